The second-order valence-electron chi connectivity index (χ2n) is 7.12. The lowest BCUT2D eigenvalue weighted by atomic mass is 10.0. The highest BCUT2D eigenvalue weighted by molar-refractivity contribution is 5.93. The van der Waals surface area contributed by atoms with Gasteiger partial charge in [-0.25, -0.2) is 14.4 Å². The SMILES string of the molecule is O=C(NC1CCN(Cc2ccccn2)CC1)c1cnc(-c2ccccc2F)nc1. The number of carbonyl (C=O) groups excluding carboxylic acids is 1. The fourth-order valence-electron chi connectivity index (χ4n) is 3.45. The first kappa shape index (κ1) is 19.1. The number of benzene rings is 1. The van der Waals surface area contributed by atoms with Gasteiger partial charge in [-0.15, -0.1) is 0 Å². The summed E-state index contributed by atoms with van der Waals surface area (Å²) in [5.74, 6) is -0.321. The average molecular weight is 391 g/mol. The molecule has 0 aliphatic carbocycles. The maximum atomic E-state index is 13.8. The molecule has 29 heavy (non-hydrogen) atoms. The molecular formula is C22H22FN5O. The summed E-state index contributed by atoms with van der Waals surface area (Å²) in [5.41, 5.74) is 1.75. The number of carbonyl (C=O) groups is 1. The maximum Gasteiger partial charge on any atom is 0.254 e. The summed E-state index contributed by atoms with van der Waals surface area (Å²) >= 11 is 0. The first-order valence-corrected chi connectivity index (χ1v) is 9.69. The molecule has 2 aromatic heterocycles. The number of aromatic nitrogens is 3. The first-order chi connectivity index (χ1) is 14.2. The molecule has 0 bridgehead atoms. The van der Waals surface area contributed by atoms with Crippen LogP contribution >= 0.6 is 0 Å². The molecule has 7 heteroatoms. The molecule has 148 valence electrons. The number of hydrogen-bond donors (Lipinski definition) is 1. The molecule has 1 N–H and O–H groups in total. The summed E-state index contributed by atoms with van der Waals surface area (Å²) in [6, 6.07) is 12.4. The Kier molecular flexibility index (Phi) is 5.86. The predicted molar refractivity (Wildman–Crippen MR) is 107 cm³/mol. The zero-order valence-corrected chi connectivity index (χ0v) is 16.0. The summed E-state index contributed by atoms with van der Waals surface area (Å²) in [5, 5.41) is 3.05. The first-order valence-electron chi connectivity index (χ1n) is 9.69. The largest absolute Gasteiger partial charge is 0.349 e. The van der Waals surface area contributed by atoms with E-state index in [0.29, 0.717) is 11.1 Å². The van der Waals surface area contributed by atoms with Crippen LogP contribution < -0.4 is 5.32 Å². The smallest absolute Gasteiger partial charge is 0.254 e. The molecule has 1 fully saturated rings. The monoisotopic (exact) mass is 391 g/mol. The molecular weight excluding hydrogens is 369 g/mol. The summed E-state index contributed by atoms with van der Waals surface area (Å²) in [7, 11) is 0. The highest BCUT2D eigenvalue weighted by atomic mass is 19.1. The van der Waals surface area contributed by atoms with E-state index in [1.807, 2.05) is 24.4 Å². The Balaban J connectivity index is 1.30. The summed E-state index contributed by atoms with van der Waals surface area (Å²) in [4.78, 5) is 27.5. The number of likely N-dealkylation sites (tertiary alicyclic amines) is 1. The Morgan fingerprint density at radius 2 is 1.76 bits per heavy atom. The van der Waals surface area contributed by atoms with Crippen LogP contribution in [0.1, 0.15) is 28.9 Å². The summed E-state index contributed by atoms with van der Waals surface area (Å²) in [6.07, 6.45) is 6.46. The van der Waals surface area contributed by atoms with Crippen molar-refractivity contribution in [2.45, 2.75) is 25.4 Å². The lowest BCUT2D eigenvalue weighted by molar-refractivity contribution is 0.0908. The van der Waals surface area contributed by atoms with E-state index in [0.717, 1.165) is 38.2 Å². The van der Waals surface area contributed by atoms with E-state index < -0.39 is 0 Å². The molecule has 0 unspecified atom stereocenters. The van der Waals surface area contributed by atoms with Crippen molar-refractivity contribution in [2.75, 3.05) is 13.1 Å². The van der Waals surface area contributed by atoms with Gasteiger partial charge in [0.25, 0.3) is 5.91 Å². The Hall–Kier alpha value is -3.19. The van der Waals surface area contributed by atoms with Crippen molar-refractivity contribution in [2.24, 2.45) is 0 Å². The molecule has 1 aliphatic heterocycles. The Morgan fingerprint density at radius 3 is 2.45 bits per heavy atom. The lowest BCUT2D eigenvalue weighted by Gasteiger charge is -2.32. The third-order valence-corrected chi connectivity index (χ3v) is 5.06. The topological polar surface area (TPSA) is 71.0 Å². The number of halogens is 1. The van der Waals surface area contributed by atoms with Crippen molar-refractivity contribution in [1.82, 2.24) is 25.2 Å². The average Bonchev–Trinajstić information content (AvgIpc) is 2.76. The van der Waals surface area contributed by atoms with Gasteiger partial charge in [0.1, 0.15) is 5.82 Å². The third kappa shape index (κ3) is 4.81. The van der Waals surface area contributed by atoms with Crippen molar-refractivity contribution in [1.29, 1.82) is 0 Å². The van der Waals surface area contributed by atoms with E-state index in [2.05, 4.69) is 25.2 Å². The van der Waals surface area contributed by atoms with E-state index in [4.69, 9.17) is 0 Å². The van der Waals surface area contributed by atoms with Crippen molar-refractivity contribution in [3.63, 3.8) is 0 Å². The fourth-order valence-corrected chi connectivity index (χ4v) is 3.45. The zero-order chi connectivity index (χ0) is 20.1. The third-order valence-electron chi connectivity index (χ3n) is 5.06. The van der Waals surface area contributed by atoms with Crippen LogP contribution in [0.4, 0.5) is 4.39 Å². The van der Waals surface area contributed by atoms with E-state index in [1.54, 1.807) is 18.2 Å². The number of nitrogens with one attached hydrogen (secondary N) is 1. The van der Waals surface area contributed by atoms with Crippen LogP contribution in [0.3, 0.4) is 0 Å². The molecule has 3 aromatic rings. The number of pyridine rings is 1. The number of rotatable bonds is 5. The predicted octanol–water partition coefficient (Wildman–Crippen LogP) is 3.07. The van der Waals surface area contributed by atoms with Gasteiger partial charge >= 0.3 is 0 Å². The Labute approximate surface area is 168 Å². The molecule has 4 rings (SSSR count). The maximum absolute atomic E-state index is 13.8. The van der Waals surface area contributed by atoms with Crippen LogP contribution in [0.5, 0.6) is 0 Å². The van der Waals surface area contributed by atoms with Crippen LogP contribution in [-0.4, -0.2) is 44.9 Å². The quantitative estimate of drug-likeness (QED) is 0.724. The molecule has 1 saturated heterocycles. The van der Waals surface area contributed by atoms with Gasteiger partial charge in [0.15, 0.2) is 5.82 Å². The highest BCUT2D eigenvalue weighted by Crippen LogP contribution is 2.18. The van der Waals surface area contributed by atoms with Gasteiger partial charge in [0, 0.05) is 44.3 Å². The van der Waals surface area contributed by atoms with E-state index in [1.165, 1.54) is 18.5 Å². The van der Waals surface area contributed by atoms with Gasteiger partial charge < -0.3 is 5.32 Å². The van der Waals surface area contributed by atoms with Gasteiger partial charge in [-0.05, 0) is 37.1 Å². The van der Waals surface area contributed by atoms with Gasteiger partial charge in [-0.1, -0.05) is 18.2 Å². The lowest BCUT2D eigenvalue weighted by Crippen LogP contribution is -2.44. The molecule has 1 aliphatic rings. The molecule has 0 spiro atoms. The van der Waals surface area contributed by atoms with Gasteiger partial charge in [-0.3, -0.25) is 14.7 Å². The second kappa shape index (κ2) is 8.87. The van der Waals surface area contributed by atoms with Crippen molar-refractivity contribution < 1.29 is 9.18 Å². The van der Waals surface area contributed by atoms with Crippen LogP contribution in [0.25, 0.3) is 11.4 Å². The number of nitrogens with zero attached hydrogens (tertiary/aromatic N) is 4. The second-order valence-corrected chi connectivity index (χ2v) is 7.12. The van der Waals surface area contributed by atoms with Gasteiger partial charge in [-0.2, -0.15) is 0 Å². The molecule has 0 saturated carbocycles. The zero-order valence-electron chi connectivity index (χ0n) is 16.0. The minimum Gasteiger partial charge on any atom is -0.349 e. The molecule has 1 amide bonds. The molecule has 3 heterocycles. The molecule has 6 nitrogen and oxygen atoms in total. The molecule has 0 radical (unpaired) electrons. The highest BCUT2D eigenvalue weighted by Gasteiger charge is 2.22. The Morgan fingerprint density at radius 1 is 1.03 bits per heavy atom. The summed E-state index contributed by atoms with van der Waals surface area (Å²) < 4.78 is 13.8. The van der Waals surface area contributed by atoms with Gasteiger partial charge in [0.05, 0.1) is 16.8 Å². The van der Waals surface area contributed by atoms with Crippen molar-refractivity contribution in [3.8, 4) is 11.4 Å². The summed E-state index contributed by atoms with van der Waals surface area (Å²) in [6.45, 7) is 2.64. The number of hydrogen-bond acceptors (Lipinski definition) is 5. The van der Waals surface area contributed by atoms with Crippen LogP contribution in [-0.2, 0) is 6.54 Å². The van der Waals surface area contributed by atoms with Crippen molar-refractivity contribution >= 4 is 5.91 Å². The van der Waals surface area contributed by atoms with Crippen molar-refractivity contribution in [3.05, 3.63) is 78.1 Å². The van der Waals surface area contributed by atoms with E-state index >= 15 is 0 Å². The van der Waals surface area contributed by atoms with E-state index in [-0.39, 0.29) is 23.6 Å². The molecule has 1 aromatic carbocycles. The van der Waals surface area contributed by atoms with Crippen LogP contribution in [0.2, 0.25) is 0 Å². The molecule has 0 atom stereocenters. The normalized spacial score (nSPS) is 15.2. The number of amides is 1. The standard InChI is InChI=1S/C22H22FN5O/c23-20-7-2-1-6-19(20)21-25-13-16(14-26-21)22(29)27-17-8-11-28(12-9-17)15-18-5-3-4-10-24-18/h1-7,10,13-14,17H,8-9,11-12,15H2,(H,27,29). The van der Waals surface area contributed by atoms with Crippen LogP contribution in [0.15, 0.2) is 61.1 Å². The minimum absolute atomic E-state index is 0.119. The Bertz CT molecular complexity index is 956. The van der Waals surface area contributed by atoms with Gasteiger partial charge in [0.2, 0.25) is 0 Å². The number of piperidine rings is 1. The fraction of sp³-hybridized carbons (Fsp3) is 0.273. The minimum atomic E-state index is -0.387. The van der Waals surface area contributed by atoms with Crippen LogP contribution in [0, 0.1) is 5.82 Å². The van der Waals surface area contributed by atoms with E-state index in [9.17, 15) is 9.18 Å².